The Morgan fingerprint density at radius 1 is 1.64 bits per heavy atom. The van der Waals surface area contributed by atoms with Gasteiger partial charge in [-0.15, -0.1) is 0 Å². The van der Waals surface area contributed by atoms with E-state index in [1.807, 2.05) is 6.20 Å². The topological polar surface area (TPSA) is 54.7 Å². The fraction of sp³-hybridized carbons (Fsp3) is 0.625. The Hall–Kier alpha value is -0.830. The van der Waals surface area contributed by atoms with E-state index in [1.54, 1.807) is 6.33 Å². The maximum absolute atomic E-state index is 5.99. The molecule has 1 saturated carbocycles. The van der Waals surface area contributed by atoms with Gasteiger partial charge in [0.15, 0.2) is 0 Å². The number of hydrogen-bond acceptors (Lipinski definition) is 2. The summed E-state index contributed by atoms with van der Waals surface area (Å²) in [4.78, 5) is 7.09. The van der Waals surface area contributed by atoms with Crippen molar-refractivity contribution in [2.75, 3.05) is 0 Å². The molecule has 0 bridgehead atoms. The number of aromatic nitrogens is 2. The standard InChI is InChI=1S/C8H13N3/c1-7(4-8(7,2)9)6-3-10-5-11-6/h3,5H,4,9H2,1-2H3,(H,10,11)/t7-,8+/m0/s1. The molecule has 1 aliphatic carbocycles. The molecule has 1 heterocycles. The lowest BCUT2D eigenvalue weighted by Gasteiger charge is -2.11. The lowest BCUT2D eigenvalue weighted by atomic mass is 10.0. The molecule has 0 aromatic carbocycles. The summed E-state index contributed by atoms with van der Waals surface area (Å²) in [5.74, 6) is 0. The Morgan fingerprint density at radius 3 is 2.64 bits per heavy atom. The van der Waals surface area contributed by atoms with Crippen molar-refractivity contribution < 1.29 is 0 Å². The van der Waals surface area contributed by atoms with Gasteiger partial charge >= 0.3 is 0 Å². The molecule has 0 amide bonds. The van der Waals surface area contributed by atoms with Crippen LogP contribution in [-0.2, 0) is 5.41 Å². The summed E-state index contributed by atoms with van der Waals surface area (Å²) >= 11 is 0. The Balaban J connectivity index is 2.33. The minimum Gasteiger partial charge on any atom is -0.348 e. The van der Waals surface area contributed by atoms with E-state index in [1.165, 1.54) is 0 Å². The first-order valence-electron chi connectivity index (χ1n) is 3.84. The third-order valence-electron chi connectivity index (χ3n) is 2.95. The largest absolute Gasteiger partial charge is 0.348 e. The van der Waals surface area contributed by atoms with Crippen LogP contribution in [0.25, 0.3) is 0 Å². The van der Waals surface area contributed by atoms with Gasteiger partial charge in [0.1, 0.15) is 0 Å². The fourth-order valence-electron chi connectivity index (χ4n) is 1.65. The lowest BCUT2D eigenvalue weighted by molar-refractivity contribution is 0.599. The van der Waals surface area contributed by atoms with E-state index in [0.717, 1.165) is 12.1 Å². The zero-order chi connectivity index (χ0) is 8.11. The van der Waals surface area contributed by atoms with Gasteiger partial charge in [0, 0.05) is 22.8 Å². The summed E-state index contributed by atoms with van der Waals surface area (Å²) in [6.45, 7) is 4.24. The molecule has 0 radical (unpaired) electrons. The second-order valence-corrected chi connectivity index (χ2v) is 3.89. The minimum absolute atomic E-state index is 0.0421. The maximum atomic E-state index is 5.99. The molecular formula is C8H13N3. The first kappa shape index (κ1) is 6.85. The van der Waals surface area contributed by atoms with Crippen molar-refractivity contribution in [3.63, 3.8) is 0 Å². The highest BCUT2D eigenvalue weighted by Gasteiger charge is 2.60. The van der Waals surface area contributed by atoms with Gasteiger partial charge in [-0.25, -0.2) is 4.98 Å². The Kier molecular flexibility index (Phi) is 1.04. The van der Waals surface area contributed by atoms with Crippen LogP contribution in [-0.4, -0.2) is 15.5 Å². The Labute approximate surface area is 66.0 Å². The summed E-state index contributed by atoms with van der Waals surface area (Å²) < 4.78 is 0. The van der Waals surface area contributed by atoms with Crippen LogP contribution >= 0.6 is 0 Å². The zero-order valence-corrected chi connectivity index (χ0v) is 6.89. The molecule has 1 aromatic heterocycles. The molecule has 3 heteroatoms. The monoisotopic (exact) mass is 151 g/mol. The highest BCUT2D eigenvalue weighted by molar-refractivity contribution is 5.33. The van der Waals surface area contributed by atoms with Crippen LogP contribution in [0.2, 0.25) is 0 Å². The third kappa shape index (κ3) is 0.744. The second-order valence-electron chi connectivity index (χ2n) is 3.89. The summed E-state index contributed by atoms with van der Waals surface area (Å²) in [6.07, 6.45) is 4.61. The molecule has 60 valence electrons. The summed E-state index contributed by atoms with van der Waals surface area (Å²) in [5.41, 5.74) is 7.23. The predicted octanol–water partition coefficient (Wildman–Crippen LogP) is 0.789. The van der Waals surface area contributed by atoms with Gasteiger partial charge in [-0.3, -0.25) is 0 Å². The van der Waals surface area contributed by atoms with Crippen LogP contribution < -0.4 is 5.73 Å². The molecule has 0 unspecified atom stereocenters. The van der Waals surface area contributed by atoms with Gasteiger partial charge in [-0.05, 0) is 13.3 Å². The number of nitrogens with zero attached hydrogens (tertiary/aromatic N) is 1. The predicted molar refractivity (Wildman–Crippen MR) is 43.1 cm³/mol. The number of H-pyrrole nitrogens is 1. The number of imidazole rings is 1. The number of rotatable bonds is 1. The van der Waals surface area contributed by atoms with E-state index in [-0.39, 0.29) is 11.0 Å². The van der Waals surface area contributed by atoms with E-state index >= 15 is 0 Å². The molecule has 0 saturated heterocycles. The number of nitrogens with two attached hydrogens (primary N) is 1. The average molecular weight is 151 g/mol. The van der Waals surface area contributed by atoms with E-state index in [4.69, 9.17) is 5.73 Å². The molecule has 0 spiro atoms. The molecule has 3 nitrogen and oxygen atoms in total. The van der Waals surface area contributed by atoms with Gasteiger partial charge in [0.25, 0.3) is 0 Å². The molecule has 3 N–H and O–H groups in total. The maximum Gasteiger partial charge on any atom is 0.0921 e. The van der Waals surface area contributed by atoms with Crippen LogP contribution in [0.15, 0.2) is 12.5 Å². The average Bonchev–Trinajstić information content (AvgIpc) is 2.36. The molecule has 1 fully saturated rings. The smallest absolute Gasteiger partial charge is 0.0921 e. The van der Waals surface area contributed by atoms with Gasteiger partial charge in [-0.1, -0.05) is 6.92 Å². The van der Waals surface area contributed by atoms with Crippen molar-refractivity contribution in [3.8, 4) is 0 Å². The first-order chi connectivity index (χ1) is 5.06. The lowest BCUT2D eigenvalue weighted by Crippen LogP contribution is -2.27. The van der Waals surface area contributed by atoms with Crippen LogP contribution in [0.3, 0.4) is 0 Å². The Bertz CT molecular complexity index is 263. The van der Waals surface area contributed by atoms with Crippen LogP contribution in [0.5, 0.6) is 0 Å². The fourth-order valence-corrected chi connectivity index (χ4v) is 1.65. The minimum atomic E-state index is -0.0421. The van der Waals surface area contributed by atoms with Crippen molar-refractivity contribution in [1.29, 1.82) is 0 Å². The van der Waals surface area contributed by atoms with Crippen molar-refractivity contribution in [3.05, 3.63) is 18.2 Å². The molecule has 0 aliphatic heterocycles. The van der Waals surface area contributed by atoms with Crippen molar-refractivity contribution in [1.82, 2.24) is 9.97 Å². The first-order valence-corrected chi connectivity index (χ1v) is 3.84. The molecular weight excluding hydrogens is 138 g/mol. The summed E-state index contributed by atoms with van der Waals surface area (Å²) in [5, 5.41) is 0. The van der Waals surface area contributed by atoms with E-state index in [2.05, 4.69) is 23.8 Å². The third-order valence-corrected chi connectivity index (χ3v) is 2.95. The van der Waals surface area contributed by atoms with Crippen LogP contribution in [0.4, 0.5) is 0 Å². The van der Waals surface area contributed by atoms with Crippen molar-refractivity contribution in [2.45, 2.75) is 31.2 Å². The molecule has 11 heavy (non-hydrogen) atoms. The molecule has 1 aromatic rings. The van der Waals surface area contributed by atoms with Gasteiger partial charge < -0.3 is 10.7 Å². The molecule has 1 aliphatic rings. The summed E-state index contributed by atoms with van der Waals surface area (Å²) in [6, 6.07) is 0. The number of aromatic amines is 1. The van der Waals surface area contributed by atoms with Crippen molar-refractivity contribution >= 4 is 0 Å². The van der Waals surface area contributed by atoms with Crippen molar-refractivity contribution in [2.24, 2.45) is 5.73 Å². The van der Waals surface area contributed by atoms with Gasteiger partial charge in [0.2, 0.25) is 0 Å². The molecule has 2 atom stereocenters. The van der Waals surface area contributed by atoms with Gasteiger partial charge in [-0.2, -0.15) is 0 Å². The summed E-state index contributed by atoms with van der Waals surface area (Å²) in [7, 11) is 0. The van der Waals surface area contributed by atoms with E-state index in [9.17, 15) is 0 Å². The molecule has 2 rings (SSSR count). The zero-order valence-electron chi connectivity index (χ0n) is 6.89. The normalized spacial score (nSPS) is 42.5. The van der Waals surface area contributed by atoms with Crippen LogP contribution in [0.1, 0.15) is 26.0 Å². The highest BCUT2D eigenvalue weighted by Crippen LogP contribution is 2.54. The van der Waals surface area contributed by atoms with Gasteiger partial charge in [0.05, 0.1) is 6.33 Å². The van der Waals surface area contributed by atoms with Crippen LogP contribution in [0, 0.1) is 0 Å². The quantitative estimate of drug-likeness (QED) is 0.623. The number of hydrogen-bond donors (Lipinski definition) is 2. The van der Waals surface area contributed by atoms with E-state index in [0.29, 0.717) is 0 Å². The Morgan fingerprint density at radius 2 is 2.27 bits per heavy atom. The second kappa shape index (κ2) is 1.67. The number of nitrogens with one attached hydrogen (secondary N) is 1. The SMILES string of the molecule is C[C@@]1(c2cnc[nH]2)C[C@@]1(C)N. The highest BCUT2D eigenvalue weighted by atomic mass is 15.0. The van der Waals surface area contributed by atoms with E-state index < -0.39 is 0 Å².